The molecule has 7 heteroatoms. The van der Waals surface area contributed by atoms with Crippen molar-refractivity contribution in [1.82, 2.24) is 14.6 Å². The van der Waals surface area contributed by atoms with E-state index in [2.05, 4.69) is 15.4 Å². The van der Waals surface area contributed by atoms with Gasteiger partial charge in [-0.25, -0.2) is 4.52 Å². The molecule has 18 heavy (non-hydrogen) atoms. The third kappa shape index (κ3) is 3.32. The second-order valence-electron chi connectivity index (χ2n) is 3.91. The molecule has 0 aliphatic rings. The Kier molecular flexibility index (Phi) is 4.35. The Balaban J connectivity index is 1.92. The molecule has 0 saturated carbocycles. The smallest absolute Gasteiger partial charge is 0.243 e. The number of methoxy groups -OCH3 is 1. The summed E-state index contributed by atoms with van der Waals surface area (Å²) in [6.45, 7) is 0.908. The third-order valence-electron chi connectivity index (χ3n) is 2.41. The maximum atomic E-state index is 9.47. The van der Waals surface area contributed by atoms with E-state index >= 15 is 0 Å². The van der Waals surface area contributed by atoms with E-state index in [4.69, 9.17) is 16.3 Å². The molecule has 0 bridgehead atoms. The number of anilines is 1. The van der Waals surface area contributed by atoms with Crippen LogP contribution in [0, 0.1) is 0 Å². The lowest BCUT2D eigenvalue weighted by Gasteiger charge is -2.08. The van der Waals surface area contributed by atoms with Gasteiger partial charge >= 0.3 is 0 Å². The van der Waals surface area contributed by atoms with Crippen LogP contribution in [0.1, 0.15) is 6.42 Å². The van der Waals surface area contributed by atoms with Crippen molar-refractivity contribution in [2.75, 3.05) is 25.6 Å². The average molecular weight is 271 g/mol. The fourth-order valence-electron chi connectivity index (χ4n) is 1.56. The summed E-state index contributed by atoms with van der Waals surface area (Å²) in [5.41, 5.74) is 0.722. The molecule has 0 saturated heterocycles. The fourth-order valence-corrected chi connectivity index (χ4v) is 1.71. The highest BCUT2D eigenvalue weighted by molar-refractivity contribution is 6.30. The van der Waals surface area contributed by atoms with E-state index in [1.54, 1.807) is 30.0 Å². The molecule has 0 spiro atoms. The van der Waals surface area contributed by atoms with E-state index in [-0.39, 0.29) is 0 Å². The summed E-state index contributed by atoms with van der Waals surface area (Å²) in [6, 6.07) is 3.55. The number of hydrogen-bond donors (Lipinski definition) is 2. The molecule has 6 nitrogen and oxygen atoms in total. The van der Waals surface area contributed by atoms with Crippen LogP contribution in [-0.2, 0) is 4.74 Å². The quantitative estimate of drug-likeness (QED) is 0.825. The van der Waals surface area contributed by atoms with Crippen LogP contribution in [0.25, 0.3) is 5.65 Å². The number of aromatic nitrogens is 3. The molecule has 1 atom stereocenters. The van der Waals surface area contributed by atoms with Gasteiger partial charge in [0.05, 0.1) is 17.7 Å². The molecule has 2 rings (SSSR count). The number of hydrogen-bond acceptors (Lipinski definition) is 5. The van der Waals surface area contributed by atoms with E-state index in [1.165, 1.54) is 0 Å². The molecule has 0 radical (unpaired) electrons. The van der Waals surface area contributed by atoms with Crippen LogP contribution in [0.5, 0.6) is 0 Å². The summed E-state index contributed by atoms with van der Waals surface area (Å²) in [5, 5.41) is 17.3. The molecule has 2 N–H and O–H groups in total. The largest absolute Gasteiger partial charge is 0.391 e. The Hall–Kier alpha value is -1.37. The summed E-state index contributed by atoms with van der Waals surface area (Å²) in [5.74, 6) is 0.516. The van der Waals surface area contributed by atoms with Gasteiger partial charge in [-0.3, -0.25) is 0 Å². The molecule has 2 aromatic heterocycles. The first-order chi connectivity index (χ1) is 8.69. The highest BCUT2D eigenvalue weighted by atomic mass is 35.5. The molecule has 0 aliphatic carbocycles. The number of rotatable bonds is 6. The van der Waals surface area contributed by atoms with Gasteiger partial charge in [0, 0.05) is 19.9 Å². The monoisotopic (exact) mass is 270 g/mol. The number of aliphatic hydroxyl groups excluding tert-OH is 1. The molecule has 0 aromatic carbocycles. The molecular weight excluding hydrogens is 256 g/mol. The average Bonchev–Trinajstić information content (AvgIpc) is 2.71. The van der Waals surface area contributed by atoms with E-state index in [9.17, 15) is 5.11 Å². The highest BCUT2D eigenvalue weighted by Gasteiger charge is 2.05. The SMILES string of the molecule is COCC(O)CCNc1nc2ccc(Cl)cn2n1. The number of nitrogens with zero attached hydrogens (tertiary/aromatic N) is 3. The Labute approximate surface area is 110 Å². The minimum absolute atomic E-state index is 0.329. The molecule has 98 valence electrons. The van der Waals surface area contributed by atoms with Gasteiger partial charge in [0.15, 0.2) is 5.65 Å². The number of halogens is 1. The van der Waals surface area contributed by atoms with Crippen LogP contribution < -0.4 is 5.32 Å². The van der Waals surface area contributed by atoms with E-state index in [0.29, 0.717) is 30.5 Å². The standard InChI is InChI=1S/C11H15ClN4O2/c1-18-7-9(17)4-5-13-11-14-10-3-2-8(12)6-16(10)15-11/h2-3,6,9,17H,4-5,7H2,1H3,(H,13,15). The van der Waals surface area contributed by atoms with Gasteiger partial charge in [0.1, 0.15) is 0 Å². The zero-order chi connectivity index (χ0) is 13.0. The summed E-state index contributed by atoms with van der Waals surface area (Å²) in [6.07, 6.45) is 1.79. The van der Waals surface area contributed by atoms with Crippen LogP contribution >= 0.6 is 11.6 Å². The van der Waals surface area contributed by atoms with Crippen molar-refractivity contribution in [3.05, 3.63) is 23.4 Å². The number of fused-ring (bicyclic) bond motifs is 1. The molecule has 0 amide bonds. The minimum atomic E-state index is -0.478. The van der Waals surface area contributed by atoms with Crippen molar-refractivity contribution in [3.8, 4) is 0 Å². The fraction of sp³-hybridized carbons (Fsp3) is 0.455. The number of ether oxygens (including phenoxy) is 1. The summed E-state index contributed by atoms with van der Waals surface area (Å²) in [4.78, 5) is 4.27. The van der Waals surface area contributed by atoms with Gasteiger partial charge in [-0.1, -0.05) is 11.6 Å². The van der Waals surface area contributed by atoms with Crippen molar-refractivity contribution < 1.29 is 9.84 Å². The lowest BCUT2D eigenvalue weighted by molar-refractivity contribution is 0.0615. The molecule has 2 heterocycles. The van der Waals surface area contributed by atoms with Crippen molar-refractivity contribution in [2.45, 2.75) is 12.5 Å². The summed E-state index contributed by atoms with van der Waals surface area (Å²) in [7, 11) is 1.56. The Morgan fingerprint density at radius 1 is 1.56 bits per heavy atom. The zero-order valence-electron chi connectivity index (χ0n) is 10.0. The first kappa shape index (κ1) is 13.1. The second-order valence-corrected chi connectivity index (χ2v) is 4.35. The first-order valence-electron chi connectivity index (χ1n) is 5.62. The lowest BCUT2D eigenvalue weighted by Crippen LogP contribution is -2.18. The van der Waals surface area contributed by atoms with Gasteiger partial charge in [0.2, 0.25) is 5.95 Å². The molecule has 0 aliphatic heterocycles. The maximum Gasteiger partial charge on any atom is 0.243 e. The highest BCUT2D eigenvalue weighted by Crippen LogP contribution is 2.11. The van der Waals surface area contributed by atoms with Crippen LogP contribution in [0.15, 0.2) is 18.3 Å². The van der Waals surface area contributed by atoms with Crippen LogP contribution in [-0.4, -0.2) is 46.1 Å². The van der Waals surface area contributed by atoms with Gasteiger partial charge < -0.3 is 15.2 Å². The van der Waals surface area contributed by atoms with Crippen molar-refractivity contribution in [1.29, 1.82) is 0 Å². The Morgan fingerprint density at radius 3 is 3.17 bits per heavy atom. The van der Waals surface area contributed by atoms with Crippen LogP contribution in [0.4, 0.5) is 5.95 Å². The van der Waals surface area contributed by atoms with Crippen molar-refractivity contribution in [3.63, 3.8) is 0 Å². The predicted molar refractivity (Wildman–Crippen MR) is 69.0 cm³/mol. The summed E-state index contributed by atoms with van der Waals surface area (Å²) >= 11 is 5.85. The van der Waals surface area contributed by atoms with Crippen molar-refractivity contribution in [2.24, 2.45) is 0 Å². The number of aliphatic hydroxyl groups is 1. The van der Waals surface area contributed by atoms with Crippen LogP contribution in [0.3, 0.4) is 0 Å². The van der Waals surface area contributed by atoms with Gasteiger partial charge in [0.25, 0.3) is 0 Å². The van der Waals surface area contributed by atoms with Crippen molar-refractivity contribution >= 4 is 23.2 Å². The predicted octanol–water partition coefficient (Wildman–Crippen LogP) is 1.19. The number of pyridine rings is 1. The maximum absolute atomic E-state index is 9.47. The summed E-state index contributed by atoms with van der Waals surface area (Å²) < 4.78 is 6.45. The Bertz CT molecular complexity index is 517. The first-order valence-corrected chi connectivity index (χ1v) is 5.99. The normalized spacial score (nSPS) is 12.8. The van der Waals surface area contributed by atoms with Crippen LogP contribution in [0.2, 0.25) is 5.02 Å². The second kappa shape index (κ2) is 5.99. The topological polar surface area (TPSA) is 71.7 Å². The molecular formula is C11H15ClN4O2. The molecule has 1 unspecified atom stereocenters. The van der Waals surface area contributed by atoms with Gasteiger partial charge in [-0.2, -0.15) is 4.98 Å². The van der Waals surface area contributed by atoms with Gasteiger partial charge in [-0.15, -0.1) is 5.10 Å². The molecule has 0 fully saturated rings. The lowest BCUT2D eigenvalue weighted by atomic mass is 10.3. The molecule has 2 aromatic rings. The minimum Gasteiger partial charge on any atom is -0.391 e. The van der Waals surface area contributed by atoms with E-state index in [0.717, 1.165) is 5.65 Å². The van der Waals surface area contributed by atoms with E-state index in [1.807, 2.05) is 0 Å². The van der Waals surface area contributed by atoms with Gasteiger partial charge in [-0.05, 0) is 18.6 Å². The third-order valence-corrected chi connectivity index (χ3v) is 2.64. The van der Waals surface area contributed by atoms with E-state index < -0.39 is 6.10 Å². The zero-order valence-corrected chi connectivity index (χ0v) is 10.8. The Morgan fingerprint density at radius 2 is 2.39 bits per heavy atom. The number of nitrogens with one attached hydrogen (secondary N) is 1.